The molecule has 1 aromatic heterocycles. The summed E-state index contributed by atoms with van der Waals surface area (Å²) in [5.74, 6) is 0.699. The molecule has 2 aromatic rings. The van der Waals surface area contributed by atoms with E-state index in [1.165, 1.54) is 0 Å². The molecule has 1 amide bonds. The Morgan fingerprint density at radius 3 is 2.46 bits per heavy atom. The van der Waals surface area contributed by atoms with Crippen LogP contribution in [0.1, 0.15) is 46.1 Å². The van der Waals surface area contributed by atoms with E-state index >= 15 is 0 Å². The Balaban J connectivity index is 1.82. The fraction of sp³-hybridized carbons (Fsp3) is 0.474. The van der Waals surface area contributed by atoms with Gasteiger partial charge in [-0.3, -0.25) is 4.79 Å². The van der Waals surface area contributed by atoms with Gasteiger partial charge in [0.05, 0.1) is 13.5 Å². The molecule has 9 heteroatoms. The molecule has 0 radical (unpaired) electrons. The van der Waals surface area contributed by atoms with Crippen molar-refractivity contribution >= 4 is 12.1 Å². The smallest absolute Gasteiger partial charge is 0.407 e. The minimum Gasteiger partial charge on any atom is -0.497 e. The average molecular weight is 391 g/mol. The molecule has 0 saturated carbocycles. The Hall–Kier alpha value is -3.10. The number of hydrogen-bond acceptors (Lipinski definition) is 8. The molecule has 0 bridgehead atoms. The van der Waals surface area contributed by atoms with Crippen LogP contribution >= 0.6 is 0 Å². The predicted molar refractivity (Wildman–Crippen MR) is 99.6 cm³/mol. The van der Waals surface area contributed by atoms with Crippen molar-refractivity contribution in [2.24, 2.45) is 0 Å². The Morgan fingerprint density at radius 2 is 1.86 bits per heavy atom. The van der Waals surface area contributed by atoms with E-state index in [-0.39, 0.29) is 18.9 Å². The number of nitrogens with one attached hydrogen (secondary N) is 1. The van der Waals surface area contributed by atoms with Gasteiger partial charge in [-0.25, -0.2) is 4.79 Å². The highest BCUT2D eigenvalue weighted by atomic mass is 16.6. The summed E-state index contributed by atoms with van der Waals surface area (Å²) >= 11 is 0. The second-order valence-electron chi connectivity index (χ2n) is 6.98. The summed E-state index contributed by atoms with van der Waals surface area (Å²) in [6.45, 7) is 7.00. The summed E-state index contributed by atoms with van der Waals surface area (Å²) in [7, 11) is 1.58. The van der Waals surface area contributed by atoms with Gasteiger partial charge in [0.2, 0.25) is 5.89 Å². The van der Waals surface area contributed by atoms with Crippen molar-refractivity contribution in [1.82, 2.24) is 15.5 Å². The van der Waals surface area contributed by atoms with E-state index in [0.29, 0.717) is 11.6 Å². The van der Waals surface area contributed by atoms with E-state index in [2.05, 4.69) is 15.5 Å². The Bertz CT molecular complexity index is 795. The molecule has 0 aliphatic rings. The number of alkyl carbamates (subject to hydrolysis) is 1. The molecule has 0 fully saturated rings. The number of ether oxygens (including phenoxy) is 3. The van der Waals surface area contributed by atoms with Crippen molar-refractivity contribution in [3.8, 4) is 17.2 Å². The maximum Gasteiger partial charge on any atom is 0.407 e. The van der Waals surface area contributed by atoms with E-state index in [4.69, 9.17) is 18.6 Å². The molecule has 1 aromatic carbocycles. The monoisotopic (exact) mass is 391 g/mol. The van der Waals surface area contributed by atoms with Crippen LogP contribution in [0.2, 0.25) is 0 Å². The first kappa shape index (κ1) is 21.2. The van der Waals surface area contributed by atoms with E-state index in [1.807, 2.05) is 0 Å². The maximum atomic E-state index is 11.9. The molecular weight excluding hydrogens is 366 g/mol. The Morgan fingerprint density at radius 1 is 1.18 bits per heavy atom. The van der Waals surface area contributed by atoms with Crippen LogP contribution in [0, 0.1) is 0 Å². The lowest BCUT2D eigenvalue weighted by atomic mass is 10.2. The molecule has 0 aliphatic heterocycles. The number of carbonyl (C=O) groups excluding carboxylic acids is 2. The van der Waals surface area contributed by atoms with Gasteiger partial charge in [0.25, 0.3) is 5.89 Å². The van der Waals surface area contributed by atoms with Crippen LogP contribution < -0.4 is 10.1 Å². The van der Waals surface area contributed by atoms with Crippen LogP contribution in [-0.2, 0) is 14.3 Å². The van der Waals surface area contributed by atoms with Gasteiger partial charge in [-0.15, -0.1) is 10.2 Å². The summed E-state index contributed by atoms with van der Waals surface area (Å²) in [5.41, 5.74) is 0.123. The van der Waals surface area contributed by atoms with Crippen molar-refractivity contribution in [2.45, 2.75) is 45.8 Å². The summed E-state index contributed by atoms with van der Waals surface area (Å²) < 4.78 is 21.0. The quantitative estimate of drug-likeness (QED) is 0.716. The first-order valence-electron chi connectivity index (χ1n) is 8.82. The van der Waals surface area contributed by atoms with Crippen LogP contribution in [0.3, 0.4) is 0 Å². The average Bonchev–Trinajstić information content (AvgIpc) is 3.10. The Labute approximate surface area is 163 Å². The normalized spacial score (nSPS) is 12.2. The van der Waals surface area contributed by atoms with Crippen molar-refractivity contribution < 1.29 is 28.2 Å². The number of amides is 1. The van der Waals surface area contributed by atoms with E-state index < -0.39 is 23.8 Å². The zero-order valence-electron chi connectivity index (χ0n) is 16.6. The number of esters is 1. The minimum absolute atomic E-state index is 0.0109. The Kier molecular flexibility index (Phi) is 6.97. The maximum absolute atomic E-state index is 11.9. The molecule has 1 heterocycles. The zero-order chi connectivity index (χ0) is 20.7. The molecule has 0 saturated heterocycles. The van der Waals surface area contributed by atoms with Gasteiger partial charge in [-0.1, -0.05) is 0 Å². The lowest BCUT2D eigenvalue weighted by Crippen LogP contribution is -2.33. The molecule has 9 nitrogen and oxygen atoms in total. The predicted octanol–water partition coefficient (Wildman–Crippen LogP) is 3.26. The lowest BCUT2D eigenvalue weighted by Gasteiger charge is -2.19. The second-order valence-corrected chi connectivity index (χ2v) is 6.98. The van der Waals surface area contributed by atoms with Crippen molar-refractivity contribution in [2.75, 3.05) is 13.7 Å². The molecule has 1 N–H and O–H groups in total. The number of hydrogen-bond donors (Lipinski definition) is 1. The van der Waals surface area contributed by atoms with Gasteiger partial charge in [-0.05, 0) is 52.0 Å². The molecule has 0 unspecified atom stereocenters. The first-order valence-corrected chi connectivity index (χ1v) is 8.82. The van der Waals surface area contributed by atoms with Gasteiger partial charge in [-0.2, -0.15) is 0 Å². The zero-order valence-corrected chi connectivity index (χ0v) is 16.6. The summed E-state index contributed by atoms with van der Waals surface area (Å²) in [6.07, 6.45) is -1.31. The lowest BCUT2D eigenvalue weighted by molar-refractivity contribution is -0.149. The molecular formula is C19H25N3O6. The largest absolute Gasteiger partial charge is 0.497 e. The van der Waals surface area contributed by atoms with Crippen LogP contribution in [0.4, 0.5) is 4.79 Å². The standard InChI is InChI=1S/C19H25N3O6/c1-12(26-15(23)10-11-20-18(24)28-19(2,3)4)16-21-22-17(27-16)13-6-8-14(25-5)9-7-13/h6-9,12H,10-11H2,1-5H3,(H,20,24)/t12-/m0/s1. The highest BCUT2D eigenvalue weighted by molar-refractivity contribution is 5.72. The fourth-order valence-electron chi connectivity index (χ4n) is 2.14. The second kappa shape index (κ2) is 9.20. The van der Waals surface area contributed by atoms with Gasteiger partial charge < -0.3 is 23.9 Å². The highest BCUT2D eigenvalue weighted by Crippen LogP contribution is 2.24. The fourth-order valence-corrected chi connectivity index (χ4v) is 2.14. The third-order valence-electron chi connectivity index (χ3n) is 3.43. The number of rotatable bonds is 7. The summed E-state index contributed by atoms with van der Waals surface area (Å²) in [4.78, 5) is 23.5. The van der Waals surface area contributed by atoms with Crippen LogP contribution in [0.25, 0.3) is 11.5 Å². The van der Waals surface area contributed by atoms with E-state index in [0.717, 1.165) is 5.56 Å². The molecule has 152 valence electrons. The van der Waals surface area contributed by atoms with Crippen LogP contribution in [0.15, 0.2) is 28.7 Å². The highest BCUT2D eigenvalue weighted by Gasteiger charge is 2.20. The topological polar surface area (TPSA) is 113 Å². The molecule has 0 spiro atoms. The van der Waals surface area contributed by atoms with Gasteiger partial charge in [0.1, 0.15) is 11.4 Å². The van der Waals surface area contributed by atoms with Crippen molar-refractivity contribution in [3.63, 3.8) is 0 Å². The number of aromatic nitrogens is 2. The molecule has 0 aliphatic carbocycles. The first-order chi connectivity index (χ1) is 13.2. The van der Waals surface area contributed by atoms with Crippen molar-refractivity contribution in [1.29, 1.82) is 0 Å². The molecule has 28 heavy (non-hydrogen) atoms. The third-order valence-corrected chi connectivity index (χ3v) is 3.43. The minimum atomic E-state index is -0.714. The van der Waals surface area contributed by atoms with E-state index in [9.17, 15) is 9.59 Å². The van der Waals surface area contributed by atoms with Crippen LogP contribution in [-0.4, -0.2) is 41.5 Å². The number of nitrogens with zero attached hydrogens (tertiary/aromatic N) is 2. The summed E-state index contributed by atoms with van der Waals surface area (Å²) in [6, 6.07) is 7.13. The van der Waals surface area contributed by atoms with Crippen LogP contribution in [0.5, 0.6) is 5.75 Å². The molecule has 2 rings (SSSR count). The molecule has 1 atom stereocenters. The summed E-state index contributed by atoms with van der Waals surface area (Å²) in [5, 5.41) is 10.4. The number of methoxy groups -OCH3 is 1. The number of carbonyl (C=O) groups is 2. The number of benzene rings is 1. The third kappa shape index (κ3) is 6.57. The van der Waals surface area contributed by atoms with Gasteiger partial charge in [0.15, 0.2) is 6.10 Å². The van der Waals surface area contributed by atoms with Gasteiger partial charge in [0, 0.05) is 12.1 Å². The van der Waals surface area contributed by atoms with E-state index in [1.54, 1.807) is 59.1 Å². The van der Waals surface area contributed by atoms with Crippen molar-refractivity contribution in [3.05, 3.63) is 30.2 Å². The van der Waals surface area contributed by atoms with Gasteiger partial charge >= 0.3 is 12.1 Å². The SMILES string of the molecule is COc1ccc(-c2nnc([C@H](C)OC(=O)CCNC(=O)OC(C)(C)C)o2)cc1.